The Bertz CT molecular complexity index is 524. The second-order valence-corrected chi connectivity index (χ2v) is 6.83. The van der Waals surface area contributed by atoms with E-state index >= 15 is 0 Å². The van der Waals surface area contributed by atoms with Gasteiger partial charge in [0, 0.05) is 0 Å². The molecule has 0 bridgehead atoms. The first kappa shape index (κ1) is 11.9. The molecule has 3 rings (SSSR count). The van der Waals surface area contributed by atoms with Gasteiger partial charge in [0.15, 0.2) is 8.80 Å². The van der Waals surface area contributed by atoms with Gasteiger partial charge in [0.05, 0.1) is 0 Å². The maximum atomic E-state index is 3.41. The van der Waals surface area contributed by atoms with Crippen molar-refractivity contribution in [1.82, 2.24) is 0 Å². The molecule has 0 aliphatic rings. The van der Waals surface area contributed by atoms with Gasteiger partial charge in [0.2, 0.25) is 0 Å². The summed E-state index contributed by atoms with van der Waals surface area (Å²) in [4.78, 5) is 0. The second-order valence-electron chi connectivity index (χ2n) is 4.38. The highest BCUT2D eigenvalue weighted by Crippen LogP contribution is 1.95. The highest BCUT2D eigenvalue weighted by Gasteiger charge is 2.18. The van der Waals surface area contributed by atoms with Crippen LogP contribution in [-0.4, -0.2) is 8.80 Å². The summed E-state index contributed by atoms with van der Waals surface area (Å²) in [5.41, 5.74) is 0. The molecule has 0 heterocycles. The molecule has 0 saturated heterocycles. The summed E-state index contributed by atoms with van der Waals surface area (Å²) in [7, 11) is -0.933. The van der Waals surface area contributed by atoms with Crippen LogP contribution in [0.5, 0.6) is 0 Å². The van der Waals surface area contributed by atoms with E-state index in [0.29, 0.717) is 0 Å². The third-order valence-electron chi connectivity index (χ3n) is 3.10. The van der Waals surface area contributed by atoms with Crippen LogP contribution >= 0.6 is 0 Å². The summed E-state index contributed by atoms with van der Waals surface area (Å²) < 4.78 is 0. The van der Waals surface area contributed by atoms with Gasteiger partial charge in [0.1, 0.15) is 0 Å². The summed E-state index contributed by atoms with van der Waals surface area (Å²) >= 11 is 0. The molecule has 2 radical (unpaired) electrons. The highest BCUT2D eigenvalue weighted by atomic mass is 28.3. The summed E-state index contributed by atoms with van der Waals surface area (Å²) in [5.74, 6) is 0. The minimum Gasteiger partial charge on any atom is -0.0624 e. The van der Waals surface area contributed by atoms with Crippen molar-refractivity contribution in [2.24, 2.45) is 0 Å². The Morgan fingerprint density at radius 1 is 0.579 bits per heavy atom. The van der Waals surface area contributed by atoms with E-state index in [-0.39, 0.29) is 0 Å². The van der Waals surface area contributed by atoms with Crippen molar-refractivity contribution >= 4 is 24.4 Å². The van der Waals surface area contributed by atoms with Crippen molar-refractivity contribution in [3.63, 3.8) is 0 Å². The van der Waals surface area contributed by atoms with Crippen molar-refractivity contribution < 1.29 is 0 Å². The molecular weight excluding hydrogens is 244 g/mol. The standard InChI is InChI=1S/C18H14Si/c1-4-10-16(11-5-1)19(17-12-6-2-7-13-17)18-14-8-3-9-15-18/h1-14H. The van der Waals surface area contributed by atoms with Crippen LogP contribution in [0.25, 0.3) is 0 Å². The number of benzene rings is 3. The van der Waals surface area contributed by atoms with E-state index in [1.165, 1.54) is 15.6 Å². The molecule has 90 valence electrons. The normalized spacial score (nSPS) is 10.6. The van der Waals surface area contributed by atoms with Gasteiger partial charge in [-0.3, -0.25) is 0 Å². The average molecular weight is 258 g/mol. The lowest BCUT2D eigenvalue weighted by Gasteiger charge is -2.16. The van der Waals surface area contributed by atoms with E-state index in [4.69, 9.17) is 0 Å². The lowest BCUT2D eigenvalue weighted by atomic mass is 10.3. The number of hydrogen-bond acceptors (Lipinski definition) is 0. The molecule has 0 N–H and O–H groups in total. The van der Waals surface area contributed by atoms with Crippen molar-refractivity contribution in [2.75, 3.05) is 0 Å². The first-order chi connectivity index (χ1) is 9.45. The second kappa shape index (κ2) is 5.68. The number of hydrogen-bond donors (Lipinski definition) is 0. The Balaban J connectivity index is 2.12. The Morgan fingerprint density at radius 2 is 1.11 bits per heavy atom. The molecule has 3 aromatic rings. The molecule has 0 aromatic heterocycles. The molecule has 19 heavy (non-hydrogen) atoms. The third-order valence-corrected chi connectivity index (χ3v) is 5.77. The largest absolute Gasteiger partial charge is 0.155 e. The molecule has 0 aliphatic heterocycles. The molecular formula is C18H14Si. The van der Waals surface area contributed by atoms with Crippen LogP contribution in [0.15, 0.2) is 84.9 Å². The predicted octanol–water partition coefficient (Wildman–Crippen LogP) is 2.00. The third kappa shape index (κ3) is 2.66. The monoisotopic (exact) mass is 258 g/mol. The highest BCUT2D eigenvalue weighted by molar-refractivity contribution is 6.95. The van der Waals surface area contributed by atoms with Crippen LogP contribution in [0.2, 0.25) is 0 Å². The zero-order chi connectivity index (χ0) is 12.9. The quantitative estimate of drug-likeness (QED) is 0.498. The summed E-state index contributed by atoms with van der Waals surface area (Å²) in [5, 5.41) is 4.12. The van der Waals surface area contributed by atoms with Crippen LogP contribution in [-0.2, 0) is 0 Å². The lowest BCUT2D eigenvalue weighted by Crippen LogP contribution is -2.51. The van der Waals surface area contributed by atoms with Crippen molar-refractivity contribution in [3.05, 3.63) is 91.0 Å². The molecule has 3 aromatic carbocycles. The van der Waals surface area contributed by atoms with Gasteiger partial charge in [-0.2, -0.15) is 0 Å². The van der Waals surface area contributed by atoms with Gasteiger partial charge in [-0.25, -0.2) is 0 Å². The molecule has 0 spiro atoms. The Kier molecular flexibility index (Phi) is 3.57. The zero-order valence-corrected chi connectivity index (χ0v) is 11.6. The Morgan fingerprint density at radius 3 is 1.58 bits per heavy atom. The Labute approximate surface area is 116 Å². The molecule has 0 saturated carbocycles. The van der Waals surface area contributed by atoms with Crippen LogP contribution in [0.3, 0.4) is 0 Å². The summed E-state index contributed by atoms with van der Waals surface area (Å²) in [6.45, 7) is 0. The van der Waals surface area contributed by atoms with E-state index < -0.39 is 8.80 Å². The fourth-order valence-corrected chi connectivity index (χ4v) is 4.73. The van der Waals surface area contributed by atoms with Gasteiger partial charge >= 0.3 is 0 Å². The molecule has 0 amide bonds. The molecule has 0 unspecified atom stereocenters. The minimum atomic E-state index is -0.933. The maximum absolute atomic E-state index is 3.41. The van der Waals surface area contributed by atoms with Gasteiger partial charge in [0.25, 0.3) is 0 Å². The van der Waals surface area contributed by atoms with E-state index in [1.807, 2.05) is 12.1 Å². The topological polar surface area (TPSA) is 0 Å². The fraction of sp³-hybridized carbons (Fsp3) is 0. The zero-order valence-electron chi connectivity index (χ0n) is 10.6. The van der Waals surface area contributed by atoms with Crippen LogP contribution in [0.1, 0.15) is 0 Å². The van der Waals surface area contributed by atoms with Gasteiger partial charge in [-0.1, -0.05) is 95.3 Å². The van der Waals surface area contributed by atoms with Crippen LogP contribution in [0.4, 0.5) is 0 Å². The lowest BCUT2D eigenvalue weighted by molar-refractivity contribution is 1.70. The molecule has 1 heteroatoms. The van der Waals surface area contributed by atoms with Crippen molar-refractivity contribution in [1.29, 1.82) is 0 Å². The fourth-order valence-electron chi connectivity index (χ4n) is 2.24. The van der Waals surface area contributed by atoms with Gasteiger partial charge in [-0.15, -0.1) is 0 Å². The van der Waals surface area contributed by atoms with E-state index in [0.717, 1.165) is 0 Å². The van der Waals surface area contributed by atoms with E-state index in [1.54, 1.807) is 0 Å². The number of rotatable bonds is 3. The Hall–Kier alpha value is -2.12. The SMILES string of the molecule is [c]1ccccc1[Si](c1ccccc1)c1ccccc1. The van der Waals surface area contributed by atoms with Gasteiger partial charge < -0.3 is 0 Å². The smallest absolute Gasteiger partial charge is 0.0624 e. The summed E-state index contributed by atoms with van der Waals surface area (Å²) in [6.07, 6.45) is 0. The predicted molar refractivity (Wildman–Crippen MR) is 82.8 cm³/mol. The maximum Gasteiger partial charge on any atom is 0.155 e. The van der Waals surface area contributed by atoms with Crippen molar-refractivity contribution in [3.8, 4) is 0 Å². The van der Waals surface area contributed by atoms with Crippen LogP contribution in [0, 0.1) is 6.07 Å². The van der Waals surface area contributed by atoms with E-state index in [2.05, 4.69) is 78.9 Å². The van der Waals surface area contributed by atoms with E-state index in [9.17, 15) is 0 Å². The first-order valence-electron chi connectivity index (χ1n) is 6.40. The average Bonchev–Trinajstić information content (AvgIpc) is 2.51. The minimum absolute atomic E-state index is 0.933. The van der Waals surface area contributed by atoms with Crippen molar-refractivity contribution in [2.45, 2.75) is 0 Å². The first-order valence-corrected chi connectivity index (χ1v) is 7.90. The molecule has 0 aliphatic carbocycles. The molecule has 0 atom stereocenters. The summed E-state index contributed by atoms with van der Waals surface area (Å²) in [6, 6.07) is 33.2. The van der Waals surface area contributed by atoms with Crippen LogP contribution < -0.4 is 15.6 Å². The van der Waals surface area contributed by atoms with Gasteiger partial charge in [-0.05, 0) is 11.3 Å². The molecule has 0 fully saturated rings. The molecule has 0 nitrogen and oxygen atoms in total.